The minimum absolute atomic E-state index is 0.0442. The minimum Gasteiger partial charge on any atom is -0.489 e. The number of nitro benzene ring substituents is 1. The van der Waals surface area contributed by atoms with Gasteiger partial charge in [0.1, 0.15) is 29.5 Å². The van der Waals surface area contributed by atoms with Gasteiger partial charge in [-0.3, -0.25) is 24.7 Å². The number of ether oxygens (including phenoxy) is 3. The Labute approximate surface area is 389 Å². The Morgan fingerprint density at radius 3 is 2.23 bits per heavy atom. The van der Waals surface area contributed by atoms with E-state index in [1.807, 2.05) is 66.7 Å². The zero-order valence-electron chi connectivity index (χ0n) is 36.3. The third kappa shape index (κ3) is 12.0. The number of morpholine rings is 1. The van der Waals surface area contributed by atoms with Crippen molar-refractivity contribution >= 4 is 44.6 Å². The first kappa shape index (κ1) is 46.1. The zero-order valence-corrected chi connectivity index (χ0v) is 37.9. The molecule has 14 nitrogen and oxygen atoms in total. The summed E-state index contributed by atoms with van der Waals surface area (Å²) in [7, 11) is -4.57. The van der Waals surface area contributed by atoms with E-state index in [9.17, 15) is 23.3 Å². The van der Waals surface area contributed by atoms with E-state index >= 15 is 0 Å². The van der Waals surface area contributed by atoms with Crippen LogP contribution in [-0.4, -0.2) is 94.6 Å². The van der Waals surface area contributed by atoms with Crippen molar-refractivity contribution in [2.75, 3.05) is 75.8 Å². The highest BCUT2D eigenvalue weighted by Crippen LogP contribution is 2.34. The van der Waals surface area contributed by atoms with Gasteiger partial charge in [-0.05, 0) is 95.9 Å². The molecule has 1 amide bonds. The topological polar surface area (TPSA) is 156 Å². The van der Waals surface area contributed by atoms with Gasteiger partial charge in [0.2, 0.25) is 0 Å². The van der Waals surface area contributed by atoms with Gasteiger partial charge < -0.3 is 24.4 Å². The van der Waals surface area contributed by atoms with Crippen LogP contribution in [0.3, 0.4) is 0 Å². The number of nitrogens with zero attached hydrogens (tertiary/aromatic N) is 4. The molecule has 2 fully saturated rings. The maximum absolute atomic E-state index is 14.0. The Balaban J connectivity index is 0.975. The molecule has 0 atom stereocenters. The zero-order chi connectivity index (χ0) is 45.9. The molecule has 0 aliphatic carbocycles. The Kier molecular flexibility index (Phi) is 15.1. The van der Waals surface area contributed by atoms with E-state index in [-0.39, 0.29) is 17.0 Å². The molecule has 0 bridgehead atoms. The third-order valence-electron chi connectivity index (χ3n) is 11.6. The lowest BCUT2D eigenvalue weighted by atomic mass is 9.99. The van der Waals surface area contributed by atoms with Crippen LogP contribution >= 0.6 is 11.6 Å². The van der Waals surface area contributed by atoms with Gasteiger partial charge in [-0.25, -0.2) is 13.1 Å². The maximum atomic E-state index is 14.0. The summed E-state index contributed by atoms with van der Waals surface area (Å²) < 4.78 is 47.3. The molecule has 6 aromatic carbocycles. The molecule has 16 heteroatoms. The summed E-state index contributed by atoms with van der Waals surface area (Å²) in [6.45, 7) is 8.29. The van der Waals surface area contributed by atoms with Crippen molar-refractivity contribution in [2.24, 2.45) is 0 Å². The molecular formula is C50H51ClN6O8S. The first-order valence-electron chi connectivity index (χ1n) is 21.9. The highest BCUT2D eigenvalue weighted by Gasteiger charge is 2.27. The van der Waals surface area contributed by atoms with Gasteiger partial charge in [0, 0.05) is 75.2 Å². The lowest BCUT2D eigenvalue weighted by Gasteiger charge is -2.36. The Bertz CT molecular complexity index is 2710. The number of sulfonamides is 1. The second-order valence-electron chi connectivity index (χ2n) is 16.1. The van der Waals surface area contributed by atoms with E-state index in [4.69, 9.17) is 25.8 Å². The summed E-state index contributed by atoms with van der Waals surface area (Å²) in [5.41, 5.74) is 4.98. The van der Waals surface area contributed by atoms with Crippen molar-refractivity contribution in [3.8, 4) is 28.4 Å². The monoisotopic (exact) mass is 930 g/mol. The van der Waals surface area contributed by atoms with Gasteiger partial charge in [0.25, 0.3) is 21.6 Å². The average molecular weight is 932 g/mol. The summed E-state index contributed by atoms with van der Waals surface area (Å²) in [5.74, 6) is 0.168. The number of amides is 1. The molecule has 0 unspecified atom stereocenters. The SMILES string of the molecule is O=C(NS(=O)(=O)c1ccc(NCCCN2CCOCC2)c([N+](=O)[O-])c1)c1ccc(N2CCN(Cc3ccccc3-c3ccc(Cl)cc3)CC2)cc1Oc1ccc(OCc2ccccc2)cc1. The quantitative estimate of drug-likeness (QED) is 0.0481. The van der Waals surface area contributed by atoms with Gasteiger partial charge >= 0.3 is 0 Å². The second kappa shape index (κ2) is 21.7. The molecule has 0 spiro atoms. The van der Waals surface area contributed by atoms with Crippen LogP contribution in [-0.2, 0) is 27.9 Å². The first-order chi connectivity index (χ1) is 32.1. The smallest absolute Gasteiger partial charge is 0.293 e. The van der Waals surface area contributed by atoms with Crippen molar-refractivity contribution in [1.82, 2.24) is 14.5 Å². The van der Waals surface area contributed by atoms with Crippen molar-refractivity contribution in [1.29, 1.82) is 0 Å². The summed E-state index contributed by atoms with van der Waals surface area (Å²) >= 11 is 6.17. The largest absolute Gasteiger partial charge is 0.489 e. The molecule has 0 saturated carbocycles. The van der Waals surface area contributed by atoms with E-state index in [1.165, 1.54) is 23.8 Å². The molecule has 6 aromatic rings. The summed E-state index contributed by atoms with van der Waals surface area (Å²) in [6.07, 6.45) is 0.722. The molecule has 66 heavy (non-hydrogen) atoms. The lowest BCUT2D eigenvalue weighted by molar-refractivity contribution is -0.384. The summed E-state index contributed by atoms with van der Waals surface area (Å²) in [4.78, 5) is 31.9. The molecule has 2 aliphatic heterocycles. The molecule has 2 N–H and O–H groups in total. The second-order valence-corrected chi connectivity index (χ2v) is 18.2. The van der Waals surface area contributed by atoms with E-state index in [0.717, 1.165) is 74.1 Å². The van der Waals surface area contributed by atoms with Gasteiger partial charge in [-0.15, -0.1) is 0 Å². The van der Waals surface area contributed by atoms with E-state index in [1.54, 1.807) is 36.4 Å². The van der Waals surface area contributed by atoms with E-state index < -0.39 is 31.4 Å². The fraction of sp³-hybridized carbons (Fsp3) is 0.260. The predicted octanol–water partition coefficient (Wildman–Crippen LogP) is 8.86. The van der Waals surface area contributed by atoms with Crippen LogP contribution < -0.4 is 24.4 Å². The maximum Gasteiger partial charge on any atom is 0.293 e. The number of benzene rings is 6. The van der Waals surface area contributed by atoms with Gasteiger partial charge in [-0.1, -0.05) is 78.3 Å². The number of carbonyl (C=O) groups excluding carboxylic acids is 1. The molecule has 2 heterocycles. The lowest BCUT2D eigenvalue weighted by Crippen LogP contribution is -2.46. The van der Waals surface area contributed by atoms with Crippen molar-refractivity contribution in [3.05, 3.63) is 171 Å². The number of nitrogens with one attached hydrogen (secondary N) is 2. The number of piperazine rings is 1. The third-order valence-corrected chi connectivity index (χ3v) is 13.2. The number of anilines is 2. The number of nitro groups is 1. The normalized spacial score (nSPS) is 14.7. The number of halogens is 1. The number of rotatable bonds is 18. The molecule has 342 valence electrons. The molecule has 0 radical (unpaired) electrons. The predicted molar refractivity (Wildman–Crippen MR) is 256 cm³/mol. The molecule has 0 aromatic heterocycles. The van der Waals surface area contributed by atoms with Crippen LogP contribution in [0.1, 0.15) is 27.9 Å². The first-order valence-corrected chi connectivity index (χ1v) is 23.7. The standard InChI is InChI=1S/C50H51ClN6O8S/c51-40-13-11-38(12-14-40)45-10-5-4-9-39(45)35-55-25-27-56(28-26-55)41-15-21-46(49(33-41)65-43-18-16-42(17-19-43)64-36-37-7-2-1-3-8-37)50(58)53-66(61,62)44-20-22-47(48(34-44)57(59)60)52-23-6-24-54-29-31-63-32-30-54/h1-5,7-22,33-34,52H,6,23-32,35-36H2,(H,53,58). The fourth-order valence-electron chi connectivity index (χ4n) is 7.99. The van der Waals surface area contributed by atoms with Crippen LogP contribution in [0.15, 0.2) is 144 Å². The Morgan fingerprint density at radius 2 is 1.48 bits per heavy atom. The fourth-order valence-corrected chi connectivity index (χ4v) is 9.10. The van der Waals surface area contributed by atoms with Crippen molar-refractivity contribution in [3.63, 3.8) is 0 Å². The van der Waals surface area contributed by atoms with Crippen LogP contribution in [0, 0.1) is 10.1 Å². The van der Waals surface area contributed by atoms with Gasteiger partial charge in [0.15, 0.2) is 0 Å². The Hall–Kier alpha value is -6.49. The molecule has 2 saturated heterocycles. The van der Waals surface area contributed by atoms with Crippen LogP contribution in [0.4, 0.5) is 17.1 Å². The summed E-state index contributed by atoms with van der Waals surface area (Å²) in [5, 5.41) is 15.9. The van der Waals surface area contributed by atoms with Gasteiger partial charge in [0.05, 0.1) is 28.6 Å². The molecule has 2 aliphatic rings. The minimum atomic E-state index is -4.57. The van der Waals surface area contributed by atoms with Crippen molar-refractivity contribution in [2.45, 2.75) is 24.5 Å². The highest BCUT2D eigenvalue weighted by atomic mass is 35.5. The number of hydrogen-bond donors (Lipinski definition) is 2. The van der Waals surface area contributed by atoms with E-state index in [0.29, 0.717) is 56.0 Å². The molecule has 8 rings (SSSR count). The van der Waals surface area contributed by atoms with Crippen LogP contribution in [0.25, 0.3) is 11.1 Å². The Morgan fingerprint density at radius 1 is 0.773 bits per heavy atom. The van der Waals surface area contributed by atoms with Gasteiger partial charge in [-0.2, -0.15) is 0 Å². The van der Waals surface area contributed by atoms with Crippen LogP contribution in [0.5, 0.6) is 17.2 Å². The molecular weight excluding hydrogens is 880 g/mol. The van der Waals surface area contributed by atoms with Crippen LogP contribution in [0.2, 0.25) is 5.02 Å². The van der Waals surface area contributed by atoms with Crippen molar-refractivity contribution < 1.29 is 32.3 Å². The number of carbonyl (C=O) groups is 1. The number of hydrogen-bond acceptors (Lipinski definition) is 12. The highest BCUT2D eigenvalue weighted by molar-refractivity contribution is 7.90. The van der Waals surface area contributed by atoms with E-state index in [2.05, 4.69) is 36.9 Å². The summed E-state index contributed by atoms with van der Waals surface area (Å²) in [6, 6.07) is 41.5. The average Bonchev–Trinajstić information content (AvgIpc) is 3.34.